The molecule has 0 aliphatic rings. The molecule has 0 aliphatic carbocycles. The van der Waals surface area contributed by atoms with Crippen molar-refractivity contribution in [2.75, 3.05) is 6.61 Å². The van der Waals surface area contributed by atoms with E-state index >= 15 is 0 Å². The van der Waals surface area contributed by atoms with Crippen molar-refractivity contribution in [3.05, 3.63) is 65.9 Å². The number of aromatic nitrogens is 1. The van der Waals surface area contributed by atoms with Gasteiger partial charge in [0.1, 0.15) is 6.61 Å². The molecule has 0 fully saturated rings. The van der Waals surface area contributed by atoms with Crippen LogP contribution < -0.4 is 4.74 Å². The van der Waals surface area contributed by atoms with Crippen LogP contribution in [0.15, 0.2) is 54.7 Å². The average molecular weight is 283 g/mol. The average Bonchev–Trinajstić information content (AvgIpc) is 2.53. The molecule has 1 heterocycles. The summed E-state index contributed by atoms with van der Waals surface area (Å²) in [6, 6.07) is 13.5. The molecule has 1 aromatic carbocycles. The lowest BCUT2D eigenvalue weighted by Crippen LogP contribution is -1.99. The number of nitrogens with zero attached hydrogens (tertiary/aromatic N) is 1. The van der Waals surface area contributed by atoms with Gasteiger partial charge in [0.25, 0.3) is 0 Å². The lowest BCUT2D eigenvalue weighted by atomic mass is 10.2. The second-order valence-corrected chi connectivity index (χ2v) is 4.29. The van der Waals surface area contributed by atoms with E-state index in [9.17, 15) is 4.79 Å². The number of carbonyl (C=O) groups is 1. The molecule has 0 N–H and O–H groups in total. The third-order valence-electron chi connectivity index (χ3n) is 2.69. The van der Waals surface area contributed by atoms with Gasteiger partial charge in [0, 0.05) is 18.3 Å². The molecule has 0 radical (unpaired) electrons. The van der Waals surface area contributed by atoms with E-state index in [4.69, 9.17) is 9.47 Å². The van der Waals surface area contributed by atoms with Crippen LogP contribution in [0.1, 0.15) is 18.1 Å². The number of carbonyl (C=O) groups excluding carboxylic acids is 1. The van der Waals surface area contributed by atoms with Gasteiger partial charge in [0.05, 0.1) is 6.61 Å². The van der Waals surface area contributed by atoms with E-state index in [1.165, 1.54) is 6.08 Å². The minimum atomic E-state index is -0.359. The lowest BCUT2D eigenvalue weighted by molar-refractivity contribution is -0.137. The predicted molar refractivity (Wildman–Crippen MR) is 80.7 cm³/mol. The molecule has 21 heavy (non-hydrogen) atoms. The van der Waals surface area contributed by atoms with Crippen LogP contribution in [0.25, 0.3) is 6.08 Å². The van der Waals surface area contributed by atoms with Crippen molar-refractivity contribution >= 4 is 12.0 Å². The Morgan fingerprint density at radius 1 is 1.19 bits per heavy atom. The molecule has 2 rings (SSSR count). The topological polar surface area (TPSA) is 48.4 Å². The standard InChI is InChI=1S/C17H17NO3/c1-2-20-17(19)11-9-14-8-10-16(18-12-14)21-13-15-6-4-3-5-7-15/h3-12H,2,13H2,1H3/b11-9+. The quantitative estimate of drug-likeness (QED) is 0.603. The number of ether oxygens (including phenoxy) is 2. The molecule has 0 atom stereocenters. The van der Waals surface area contributed by atoms with E-state index < -0.39 is 0 Å². The minimum Gasteiger partial charge on any atom is -0.473 e. The van der Waals surface area contributed by atoms with Crippen molar-refractivity contribution in [1.82, 2.24) is 4.98 Å². The van der Waals surface area contributed by atoms with Crippen LogP contribution in [0.2, 0.25) is 0 Å². The molecular formula is C17H17NO3. The van der Waals surface area contributed by atoms with Crippen LogP contribution in [-0.4, -0.2) is 17.6 Å². The van der Waals surface area contributed by atoms with Crippen molar-refractivity contribution in [3.63, 3.8) is 0 Å². The van der Waals surface area contributed by atoms with Crippen LogP contribution in [0, 0.1) is 0 Å². The molecule has 0 spiro atoms. The molecule has 0 unspecified atom stereocenters. The first-order valence-electron chi connectivity index (χ1n) is 6.75. The highest BCUT2D eigenvalue weighted by molar-refractivity contribution is 5.86. The summed E-state index contributed by atoms with van der Waals surface area (Å²) in [5, 5.41) is 0. The molecule has 108 valence electrons. The van der Waals surface area contributed by atoms with Crippen molar-refractivity contribution in [2.45, 2.75) is 13.5 Å². The summed E-state index contributed by atoms with van der Waals surface area (Å²) in [5.74, 6) is 0.189. The third-order valence-corrected chi connectivity index (χ3v) is 2.69. The first-order chi connectivity index (χ1) is 10.3. The Hall–Kier alpha value is -2.62. The summed E-state index contributed by atoms with van der Waals surface area (Å²) < 4.78 is 10.4. The van der Waals surface area contributed by atoms with Gasteiger partial charge in [0.2, 0.25) is 5.88 Å². The van der Waals surface area contributed by atoms with E-state index in [-0.39, 0.29) is 5.97 Å². The fraction of sp³-hybridized carbons (Fsp3) is 0.176. The van der Waals surface area contributed by atoms with Crippen LogP contribution in [0.4, 0.5) is 0 Å². The zero-order chi connectivity index (χ0) is 14.9. The van der Waals surface area contributed by atoms with E-state index in [0.29, 0.717) is 19.1 Å². The number of esters is 1. The summed E-state index contributed by atoms with van der Waals surface area (Å²) >= 11 is 0. The number of hydrogen-bond acceptors (Lipinski definition) is 4. The SMILES string of the molecule is CCOC(=O)/C=C/c1ccc(OCc2ccccc2)nc1. The van der Waals surface area contributed by atoms with Crippen molar-refractivity contribution in [3.8, 4) is 5.88 Å². The molecule has 2 aromatic rings. The maximum absolute atomic E-state index is 11.2. The number of benzene rings is 1. The normalized spacial score (nSPS) is 10.5. The summed E-state index contributed by atoms with van der Waals surface area (Å²) in [7, 11) is 0. The maximum atomic E-state index is 11.2. The second kappa shape index (κ2) is 7.85. The van der Waals surface area contributed by atoms with E-state index in [2.05, 4.69) is 4.98 Å². The number of rotatable bonds is 6. The smallest absolute Gasteiger partial charge is 0.330 e. The highest BCUT2D eigenvalue weighted by atomic mass is 16.5. The fourth-order valence-electron chi connectivity index (χ4n) is 1.66. The molecule has 0 bridgehead atoms. The van der Waals surface area contributed by atoms with Gasteiger partial charge in [0.15, 0.2) is 0 Å². The first-order valence-corrected chi connectivity index (χ1v) is 6.75. The van der Waals surface area contributed by atoms with Crippen LogP contribution in [0.5, 0.6) is 5.88 Å². The van der Waals surface area contributed by atoms with Crippen molar-refractivity contribution in [1.29, 1.82) is 0 Å². The molecule has 0 saturated heterocycles. The van der Waals surface area contributed by atoms with E-state index in [1.807, 2.05) is 36.4 Å². The molecular weight excluding hydrogens is 266 g/mol. The van der Waals surface area contributed by atoms with Crippen molar-refractivity contribution in [2.24, 2.45) is 0 Å². The van der Waals surface area contributed by atoms with Crippen LogP contribution in [-0.2, 0) is 16.1 Å². The van der Waals surface area contributed by atoms with Gasteiger partial charge in [-0.25, -0.2) is 9.78 Å². The first kappa shape index (κ1) is 14.8. The van der Waals surface area contributed by atoms with E-state index in [0.717, 1.165) is 11.1 Å². The predicted octanol–water partition coefficient (Wildman–Crippen LogP) is 3.24. The maximum Gasteiger partial charge on any atom is 0.330 e. The summed E-state index contributed by atoms with van der Waals surface area (Å²) in [5.41, 5.74) is 1.90. The Labute approximate surface area is 124 Å². The Bertz CT molecular complexity index is 591. The highest BCUT2D eigenvalue weighted by Crippen LogP contribution is 2.11. The molecule has 1 aromatic heterocycles. The van der Waals surface area contributed by atoms with Gasteiger partial charge in [-0.15, -0.1) is 0 Å². The third kappa shape index (κ3) is 5.10. The van der Waals surface area contributed by atoms with Gasteiger partial charge in [-0.05, 0) is 30.2 Å². The number of pyridine rings is 1. The van der Waals surface area contributed by atoms with Crippen molar-refractivity contribution < 1.29 is 14.3 Å². The van der Waals surface area contributed by atoms with Crippen LogP contribution >= 0.6 is 0 Å². The summed E-state index contributed by atoms with van der Waals surface area (Å²) in [4.78, 5) is 15.4. The second-order valence-electron chi connectivity index (χ2n) is 4.29. The minimum absolute atomic E-state index is 0.359. The molecule has 0 saturated carbocycles. The van der Waals surface area contributed by atoms with Gasteiger partial charge in [-0.2, -0.15) is 0 Å². The van der Waals surface area contributed by atoms with Gasteiger partial charge in [-0.1, -0.05) is 30.3 Å². The molecule has 0 aliphatic heterocycles. The summed E-state index contributed by atoms with van der Waals surface area (Å²) in [6.07, 6.45) is 4.69. The van der Waals surface area contributed by atoms with Crippen LogP contribution in [0.3, 0.4) is 0 Å². The monoisotopic (exact) mass is 283 g/mol. The molecule has 4 nitrogen and oxygen atoms in total. The Morgan fingerprint density at radius 3 is 2.67 bits per heavy atom. The van der Waals surface area contributed by atoms with Gasteiger partial charge < -0.3 is 9.47 Å². The molecule has 0 amide bonds. The molecule has 4 heteroatoms. The zero-order valence-electron chi connectivity index (χ0n) is 11.9. The Kier molecular flexibility index (Phi) is 5.52. The lowest BCUT2D eigenvalue weighted by Gasteiger charge is -2.05. The summed E-state index contributed by atoms with van der Waals surface area (Å²) in [6.45, 7) is 2.62. The van der Waals surface area contributed by atoms with Gasteiger partial charge in [-0.3, -0.25) is 0 Å². The number of hydrogen-bond donors (Lipinski definition) is 0. The van der Waals surface area contributed by atoms with E-state index in [1.54, 1.807) is 25.3 Å². The zero-order valence-corrected chi connectivity index (χ0v) is 11.9. The largest absolute Gasteiger partial charge is 0.473 e. The van der Waals surface area contributed by atoms with Gasteiger partial charge >= 0.3 is 5.97 Å². The fourth-order valence-corrected chi connectivity index (χ4v) is 1.66. The Balaban J connectivity index is 1.88. The Morgan fingerprint density at radius 2 is 2.00 bits per heavy atom. The highest BCUT2D eigenvalue weighted by Gasteiger charge is 1.98.